The van der Waals surface area contributed by atoms with Crippen LogP contribution in [0.5, 0.6) is 0 Å². The SMILES string of the molecule is C[C@H]1[C@H]2C[C@H](CC2=C2/C(=N\O)[C@@H]3C[C@H]2C(C)(C)[C@H]3C)C1(C)C. The van der Waals surface area contributed by atoms with Gasteiger partial charge in [0, 0.05) is 5.92 Å². The molecule has 4 rings (SSSR count). The van der Waals surface area contributed by atoms with E-state index < -0.39 is 0 Å². The Morgan fingerprint density at radius 1 is 0.955 bits per heavy atom. The van der Waals surface area contributed by atoms with Gasteiger partial charge in [-0.05, 0) is 65.3 Å². The van der Waals surface area contributed by atoms with Crippen molar-refractivity contribution >= 4 is 5.71 Å². The molecule has 122 valence electrons. The van der Waals surface area contributed by atoms with Crippen LogP contribution in [-0.4, -0.2) is 10.9 Å². The van der Waals surface area contributed by atoms with Gasteiger partial charge in [0.15, 0.2) is 0 Å². The van der Waals surface area contributed by atoms with E-state index in [9.17, 15) is 5.21 Å². The van der Waals surface area contributed by atoms with Gasteiger partial charge in [0.2, 0.25) is 0 Å². The van der Waals surface area contributed by atoms with Gasteiger partial charge >= 0.3 is 0 Å². The summed E-state index contributed by atoms with van der Waals surface area (Å²) in [5.74, 6) is 4.04. The van der Waals surface area contributed by atoms with Crippen molar-refractivity contribution in [3.63, 3.8) is 0 Å². The average molecular weight is 301 g/mol. The van der Waals surface area contributed by atoms with Gasteiger partial charge in [0.1, 0.15) is 0 Å². The molecule has 4 aliphatic rings. The second kappa shape index (κ2) is 4.19. The topological polar surface area (TPSA) is 32.6 Å². The molecule has 4 aliphatic carbocycles. The summed E-state index contributed by atoms with van der Waals surface area (Å²) in [5, 5.41) is 13.5. The van der Waals surface area contributed by atoms with Gasteiger partial charge in [-0.3, -0.25) is 0 Å². The van der Waals surface area contributed by atoms with Crippen molar-refractivity contribution < 1.29 is 5.21 Å². The molecule has 1 N–H and O–H groups in total. The molecule has 2 heteroatoms. The van der Waals surface area contributed by atoms with Crippen LogP contribution in [0.2, 0.25) is 0 Å². The number of hydrogen-bond acceptors (Lipinski definition) is 2. The van der Waals surface area contributed by atoms with Crippen LogP contribution >= 0.6 is 0 Å². The maximum absolute atomic E-state index is 9.70. The first-order valence-corrected chi connectivity index (χ1v) is 9.16. The summed E-state index contributed by atoms with van der Waals surface area (Å²) in [5.41, 5.74) is 5.06. The first kappa shape index (κ1) is 14.8. The molecule has 0 aromatic heterocycles. The summed E-state index contributed by atoms with van der Waals surface area (Å²) in [6.07, 6.45) is 3.82. The van der Waals surface area contributed by atoms with Crippen molar-refractivity contribution in [3.05, 3.63) is 11.1 Å². The monoisotopic (exact) mass is 301 g/mol. The molecule has 0 aromatic carbocycles. The van der Waals surface area contributed by atoms with Crippen LogP contribution in [0.4, 0.5) is 0 Å². The van der Waals surface area contributed by atoms with Crippen molar-refractivity contribution in [2.45, 2.75) is 60.8 Å². The van der Waals surface area contributed by atoms with Crippen LogP contribution < -0.4 is 0 Å². The third-order valence-electron chi connectivity index (χ3n) is 8.88. The van der Waals surface area contributed by atoms with Gasteiger partial charge < -0.3 is 5.21 Å². The summed E-state index contributed by atoms with van der Waals surface area (Å²) >= 11 is 0. The number of rotatable bonds is 0. The predicted octanol–water partition coefficient (Wildman–Crippen LogP) is 5.13. The first-order valence-electron chi connectivity index (χ1n) is 9.16. The van der Waals surface area contributed by atoms with Gasteiger partial charge in [-0.15, -0.1) is 0 Å². The van der Waals surface area contributed by atoms with E-state index in [1.807, 2.05) is 0 Å². The predicted molar refractivity (Wildman–Crippen MR) is 89.9 cm³/mol. The van der Waals surface area contributed by atoms with E-state index in [2.05, 4.69) is 46.7 Å². The van der Waals surface area contributed by atoms with E-state index in [0.29, 0.717) is 28.6 Å². The minimum absolute atomic E-state index is 0.349. The minimum Gasteiger partial charge on any atom is -0.411 e. The number of fused-ring (bicyclic) bond motifs is 4. The smallest absolute Gasteiger partial charge is 0.0864 e. The Labute approximate surface area is 135 Å². The Morgan fingerprint density at radius 2 is 1.59 bits per heavy atom. The molecule has 2 nitrogen and oxygen atoms in total. The first-order chi connectivity index (χ1) is 10.2. The molecule has 4 bridgehead atoms. The van der Waals surface area contributed by atoms with Crippen LogP contribution in [0.25, 0.3) is 0 Å². The molecule has 0 saturated heterocycles. The number of hydrogen-bond donors (Lipinski definition) is 1. The number of oxime groups is 1. The third kappa shape index (κ3) is 1.50. The zero-order valence-electron chi connectivity index (χ0n) is 15.0. The van der Waals surface area contributed by atoms with E-state index in [0.717, 1.165) is 23.5 Å². The van der Waals surface area contributed by atoms with E-state index in [1.165, 1.54) is 24.8 Å². The Morgan fingerprint density at radius 3 is 2.14 bits per heavy atom. The van der Waals surface area contributed by atoms with Gasteiger partial charge in [-0.2, -0.15) is 0 Å². The van der Waals surface area contributed by atoms with Crippen LogP contribution in [0, 0.1) is 46.3 Å². The fraction of sp³-hybridized carbons (Fsp3) is 0.850. The largest absolute Gasteiger partial charge is 0.411 e. The van der Waals surface area contributed by atoms with Gasteiger partial charge in [-0.1, -0.05) is 52.3 Å². The lowest BCUT2D eigenvalue weighted by molar-refractivity contribution is 0.160. The summed E-state index contributed by atoms with van der Waals surface area (Å²) in [4.78, 5) is 0. The van der Waals surface area contributed by atoms with E-state index in [1.54, 1.807) is 5.57 Å². The number of allylic oxidation sites excluding steroid dienone is 2. The molecule has 0 unspecified atom stereocenters. The molecule has 6 atom stereocenters. The van der Waals surface area contributed by atoms with Gasteiger partial charge in [0.25, 0.3) is 0 Å². The van der Waals surface area contributed by atoms with Gasteiger partial charge in [0.05, 0.1) is 5.71 Å². The quantitative estimate of drug-likeness (QED) is 0.488. The van der Waals surface area contributed by atoms with Gasteiger partial charge in [-0.25, -0.2) is 0 Å². The molecule has 22 heavy (non-hydrogen) atoms. The molecule has 0 amide bonds. The van der Waals surface area contributed by atoms with E-state index in [4.69, 9.17) is 0 Å². The van der Waals surface area contributed by atoms with Crippen LogP contribution in [0.3, 0.4) is 0 Å². The molecule has 0 heterocycles. The molecule has 0 aromatic rings. The summed E-state index contributed by atoms with van der Waals surface area (Å²) < 4.78 is 0. The standard InChI is InChI=1S/C20H31NO/c1-10-13-7-12(19(10,3)4)8-15(13)17-16-9-14(18(17)21-22)11(2)20(16,5)6/h10-14,16,22H,7-9H2,1-6H3/b17-15?,21-18-/t10-,11-,12+,13+,14+,16+/m0/s1. The maximum atomic E-state index is 9.70. The Kier molecular flexibility index (Phi) is 2.81. The second-order valence-corrected chi connectivity index (χ2v) is 9.78. The van der Waals surface area contributed by atoms with Crippen LogP contribution in [-0.2, 0) is 0 Å². The molecule has 0 aliphatic heterocycles. The van der Waals surface area contributed by atoms with E-state index in [-0.39, 0.29) is 0 Å². The van der Waals surface area contributed by atoms with Crippen molar-refractivity contribution in [2.24, 2.45) is 51.5 Å². The lowest BCUT2D eigenvalue weighted by atomic mass is 9.62. The van der Waals surface area contributed by atoms with E-state index >= 15 is 0 Å². The fourth-order valence-corrected chi connectivity index (χ4v) is 6.55. The zero-order chi connectivity index (χ0) is 16.0. The fourth-order valence-electron chi connectivity index (χ4n) is 6.55. The van der Waals surface area contributed by atoms with Crippen molar-refractivity contribution in [1.29, 1.82) is 0 Å². The van der Waals surface area contributed by atoms with Crippen molar-refractivity contribution in [2.75, 3.05) is 0 Å². The highest BCUT2D eigenvalue weighted by Gasteiger charge is 2.60. The van der Waals surface area contributed by atoms with Crippen LogP contribution in [0.15, 0.2) is 16.3 Å². The summed E-state index contributed by atoms with van der Waals surface area (Å²) in [6, 6.07) is 0. The third-order valence-corrected chi connectivity index (χ3v) is 8.88. The molecule has 0 spiro atoms. The highest BCUT2D eigenvalue weighted by Crippen LogP contribution is 2.66. The Balaban J connectivity index is 1.81. The highest BCUT2D eigenvalue weighted by molar-refractivity contribution is 6.06. The second-order valence-electron chi connectivity index (χ2n) is 9.78. The highest BCUT2D eigenvalue weighted by atomic mass is 16.4. The molecular formula is C20H31NO. The number of nitrogens with zero attached hydrogens (tertiary/aromatic N) is 1. The lowest BCUT2D eigenvalue weighted by Gasteiger charge is -2.42. The maximum Gasteiger partial charge on any atom is 0.0864 e. The minimum atomic E-state index is 0.349. The Bertz CT molecular complexity index is 579. The molecule has 4 fully saturated rings. The Hall–Kier alpha value is -0.790. The lowest BCUT2D eigenvalue weighted by Crippen LogP contribution is -2.37. The zero-order valence-corrected chi connectivity index (χ0v) is 15.0. The summed E-state index contributed by atoms with van der Waals surface area (Å²) in [7, 11) is 0. The molecule has 4 saturated carbocycles. The molecular weight excluding hydrogens is 270 g/mol. The van der Waals surface area contributed by atoms with Crippen molar-refractivity contribution in [3.8, 4) is 0 Å². The van der Waals surface area contributed by atoms with Crippen molar-refractivity contribution in [1.82, 2.24) is 0 Å². The van der Waals surface area contributed by atoms with Crippen LogP contribution in [0.1, 0.15) is 60.8 Å². The normalized spacial score (nSPS) is 52.9. The average Bonchev–Trinajstić information content (AvgIpc) is 3.14. The summed E-state index contributed by atoms with van der Waals surface area (Å²) in [6.45, 7) is 14.6. The molecule has 0 radical (unpaired) electrons.